The van der Waals surface area contributed by atoms with Crippen LogP contribution in [0.5, 0.6) is 0 Å². The maximum absolute atomic E-state index is 13.5. The Morgan fingerprint density at radius 1 is 1.03 bits per heavy atom. The van der Waals surface area contributed by atoms with Crippen molar-refractivity contribution >= 4 is 39.9 Å². The van der Waals surface area contributed by atoms with E-state index < -0.39 is 0 Å². The number of carbonyl (C=O) groups is 1. The molecule has 0 radical (unpaired) electrons. The lowest BCUT2D eigenvalue weighted by Crippen LogP contribution is -2.07. The topological polar surface area (TPSA) is 73.8 Å². The zero-order chi connectivity index (χ0) is 23.1. The van der Waals surface area contributed by atoms with Gasteiger partial charge in [0.05, 0.1) is 5.56 Å². The summed E-state index contributed by atoms with van der Waals surface area (Å²) >= 11 is 12.5. The number of nitrogens with zero attached hydrogens (tertiary/aromatic N) is 4. The quantitative estimate of drug-likeness (QED) is 0.278. The normalized spacial score (nSPS) is 11.3. The highest BCUT2D eigenvalue weighted by Crippen LogP contribution is 2.31. The fourth-order valence-corrected chi connectivity index (χ4v) is 4.42. The average molecular weight is 477 g/mol. The molecule has 0 saturated carbocycles. The van der Waals surface area contributed by atoms with Gasteiger partial charge in [0, 0.05) is 51.1 Å². The minimum atomic E-state index is -0.322. The number of halogens is 2. The van der Waals surface area contributed by atoms with Crippen LogP contribution in [-0.4, -0.2) is 25.5 Å². The third-order valence-corrected chi connectivity index (χ3v) is 6.20. The first-order chi connectivity index (χ1) is 15.9. The zero-order valence-corrected chi connectivity index (χ0v) is 19.4. The smallest absolute Gasteiger partial charge is 0.299 e. The Morgan fingerprint density at radius 2 is 1.82 bits per heavy atom. The number of aromatic nitrogens is 4. The number of pyridine rings is 1. The second-order valence-electron chi connectivity index (χ2n) is 7.79. The molecule has 164 valence electrons. The standard InChI is InChI=1S/C25H18Cl2N4O2/c1-14-3-6-21-19(11-14)22(15(2)31(21)13-17-4-5-18(26)12-20(17)27)23(32)25-29-24(30-33-25)16-7-9-28-10-8-16/h3-12H,13H2,1-2H3. The summed E-state index contributed by atoms with van der Waals surface area (Å²) in [7, 11) is 0. The highest BCUT2D eigenvalue weighted by molar-refractivity contribution is 6.35. The van der Waals surface area contributed by atoms with Gasteiger partial charge in [0.2, 0.25) is 5.82 Å². The Balaban J connectivity index is 1.61. The highest BCUT2D eigenvalue weighted by Gasteiger charge is 2.26. The number of aryl methyl sites for hydroxylation is 1. The molecule has 3 heterocycles. The molecule has 0 aliphatic heterocycles. The van der Waals surface area contributed by atoms with Crippen LogP contribution in [0.25, 0.3) is 22.3 Å². The second kappa shape index (κ2) is 8.46. The van der Waals surface area contributed by atoms with Gasteiger partial charge < -0.3 is 9.09 Å². The molecule has 0 aliphatic carbocycles. The molecule has 0 aliphatic rings. The van der Waals surface area contributed by atoms with Gasteiger partial charge in [-0.2, -0.15) is 4.98 Å². The number of carbonyl (C=O) groups excluding carboxylic acids is 1. The minimum Gasteiger partial charge on any atom is -0.340 e. The van der Waals surface area contributed by atoms with Crippen molar-refractivity contribution in [3.05, 3.63) is 99.2 Å². The molecule has 0 bridgehead atoms. The maximum Gasteiger partial charge on any atom is 0.299 e. The summed E-state index contributed by atoms with van der Waals surface area (Å²) in [5.41, 5.74) is 4.90. The van der Waals surface area contributed by atoms with Crippen molar-refractivity contribution < 1.29 is 9.32 Å². The van der Waals surface area contributed by atoms with Crippen LogP contribution in [0.1, 0.15) is 33.1 Å². The van der Waals surface area contributed by atoms with Crippen molar-refractivity contribution in [2.24, 2.45) is 0 Å². The van der Waals surface area contributed by atoms with Gasteiger partial charge in [-0.05, 0) is 55.8 Å². The summed E-state index contributed by atoms with van der Waals surface area (Å²) in [6, 6.07) is 15.0. The average Bonchev–Trinajstić information content (AvgIpc) is 3.39. The van der Waals surface area contributed by atoms with Crippen LogP contribution >= 0.6 is 23.2 Å². The molecule has 3 aromatic heterocycles. The molecular formula is C25H18Cl2N4O2. The predicted molar refractivity (Wildman–Crippen MR) is 128 cm³/mol. The molecule has 33 heavy (non-hydrogen) atoms. The van der Waals surface area contributed by atoms with Crippen LogP contribution in [-0.2, 0) is 6.54 Å². The van der Waals surface area contributed by atoms with Crippen LogP contribution in [0.3, 0.4) is 0 Å². The van der Waals surface area contributed by atoms with E-state index >= 15 is 0 Å². The van der Waals surface area contributed by atoms with Crippen molar-refractivity contribution in [1.82, 2.24) is 19.7 Å². The van der Waals surface area contributed by atoms with Crippen molar-refractivity contribution in [3.63, 3.8) is 0 Å². The number of rotatable bonds is 5. The molecule has 0 fully saturated rings. The van der Waals surface area contributed by atoms with Gasteiger partial charge in [0.25, 0.3) is 11.7 Å². The fraction of sp³-hybridized carbons (Fsp3) is 0.120. The molecule has 5 aromatic rings. The van der Waals surface area contributed by atoms with E-state index in [2.05, 4.69) is 19.7 Å². The molecule has 0 atom stereocenters. The van der Waals surface area contributed by atoms with Gasteiger partial charge in [0.1, 0.15) is 0 Å². The van der Waals surface area contributed by atoms with Gasteiger partial charge in [-0.1, -0.05) is 46.1 Å². The monoisotopic (exact) mass is 476 g/mol. The van der Waals surface area contributed by atoms with Crippen LogP contribution in [0.15, 0.2) is 65.4 Å². The summed E-state index contributed by atoms with van der Waals surface area (Å²) in [4.78, 5) is 21.9. The van der Waals surface area contributed by atoms with E-state index in [1.807, 2.05) is 38.1 Å². The lowest BCUT2D eigenvalue weighted by atomic mass is 10.0. The van der Waals surface area contributed by atoms with Crippen molar-refractivity contribution in [1.29, 1.82) is 0 Å². The van der Waals surface area contributed by atoms with Crippen molar-refractivity contribution in [2.75, 3.05) is 0 Å². The summed E-state index contributed by atoms with van der Waals surface area (Å²) in [6.45, 7) is 4.39. The lowest BCUT2D eigenvalue weighted by molar-refractivity contribution is 0.0994. The van der Waals surface area contributed by atoms with Gasteiger partial charge in [-0.3, -0.25) is 9.78 Å². The van der Waals surface area contributed by atoms with Crippen LogP contribution in [0.2, 0.25) is 10.0 Å². The SMILES string of the molecule is Cc1ccc2c(c1)c(C(=O)c1nc(-c3ccncc3)no1)c(C)n2Cc1ccc(Cl)cc1Cl. The maximum atomic E-state index is 13.5. The summed E-state index contributed by atoms with van der Waals surface area (Å²) in [5.74, 6) is -0.0434. The summed E-state index contributed by atoms with van der Waals surface area (Å²) < 4.78 is 7.42. The number of hydrogen-bond donors (Lipinski definition) is 0. The van der Waals surface area contributed by atoms with E-state index in [4.69, 9.17) is 27.7 Å². The fourth-order valence-electron chi connectivity index (χ4n) is 3.95. The zero-order valence-electron chi connectivity index (χ0n) is 17.8. The van der Waals surface area contributed by atoms with Crippen LogP contribution < -0.4 is 0 Å². The molecule has 0 spiro atoms. The van der Waals surface area contributed by atoms with E-state index in [9.17, 15) is 4.79 Å². The van der Waals surface area contributed by atoms with Gasteiger partial charge >= 0.3 is 0 Å². The lowest BCUT2D eigenvalue weighted by Gasteiger charge is -2.11. The third kappa shape index (κ3) is 3.92. The van der Waals surface area contributed by atoms with Gasteiger partial charge in [0.15, 0.2) is 0 Å². The Kier molecular flexibility index (Phi) is 5.48. The summed E-state index contributed by atoms with van der Waals surface area (Å²) in [5, 5.41) is 5.96. The third-order valence-electron chi connectivity index (χ3n) is 5.61. The molecule has 8 heteroatoms. The van der Waals surface area contributed by atoms with Crippen LogP contribution in [0, 0.1) is 13.8 Å². The molecule has 6 nitrogen and oxygen atoms in total. The first kappa shape index (κ1) is 21.4. The summed E-state index contributed by atoms with van der Waals surface area (Å²) in [6.07, 6.45) is 3.27. The first-order valence-corrected chi connectivity index (χ1v) is 11.0. The molecule has 0 saturated heterocycles. The van der Waals surface area contributed by atoms with E-state index in [0.717, 1.165) is 33.3 Å². The van der Waals surface area contributed by atoms with E-state index in [1.165, 1.54) is 0 Å². The second-order valence-corrected chi connectivity index (χ2v) is 8.63. The highest BCUT2D eigenvalue weighted by atomic mass is 35.5. The van der Waals surface area contributed by atoms with E-state index in [-0.39, 0.29) is 11.7 Å². The largest absolute Gasteiger partial charge is 0.340 e. The number of hydrogen-bond acceptors (Lipinski definition) is 5. The van der Waals surface area contributed by atoms with Crippen LogP contribution in [0.4, 0.5) is 0 Å². The molecule has 2 aromatic carbocycles. The van der Waals surface area contributed by atoms with E-state index in [0.29, 0.717) is 28.0 Å². The Labute approximate surface area is 199 Å². The Morgan fingerprint density at radius 3 is 2.58 bits per heavy atom. The Hall–Kier alpha value is -3.48. The molecule has 5 rings (SSSR count). The van der Waals surface area contributed by atoms with Crippen molar-refractivity contribution in [3.8, 4) is 11.4 Å². The van der Waals surface area contributed by atoms with Crippen molar-refractivity contribution in [2.45, 2.75) is 20.4 Å². The number of benzene rings is 2. The number of ketones is 1. The predicted octanol–water partition coefficient (Wildman–Crippen LogP) is 6.29. The first-order valence-electron chi connectivity index (χ1n) is 10.2. The van der Waals surface area contributed by atoms with Gasteiger partial charge in [-0.25, -0.2) is 0 Å². The Bertz CT molecular complexity index is 1510. The van der Waals surface area contributed by atoms with E-state index in [1.54, 1.807) is 36.7 Å². The molecule has 0 N–H and O–H groups in total. The number of fused-ring (bicyclic) bond motifs is 1. The minimum absolute atomic E-state index is 0.0602. The molecule has 0 amide bonds. The van der Waals surface area contributed by atoms with Gasteiger partial charge in [-0.15, -0.1) is 0 Å². The molecular weight excluding hydrogens is 459 g/mol. The molecule has 0 unspecified atom stereocenters.